The van der Waals surface area contributed by atoms with E-state index >= 15 is 0 Å². The Balaban J connectivity index is 0.00000256. The van der Waals surface area contributed by atoms with Gasteiger partial charge in [-0.25, -0.2) is 13.1 Å². The number of halogens is 2. The molecule has 0 aliphatic heterocycles. The smallest absolute Gasteiger partial charge is 0.241 e. The molecule has 0 saturated heterocycles. The monoisotopic (exact) mass is 298 g/mol. The number of rotatable bonds is 4. The molecule has 0 aliphatic rings. The van der Waals surface area contributed by atoms with Crippen molar-refractivity contribution in [2.45, 2.75) is 24.8 Å². The number of nitrogens with two attached hydrogens (primary N) is 1. The van der Waals surface area contributed by atoms with Gasteiger partial charge >= 0.3 is 0 Å². The standard InChI is InChI=1S/C10H15ClN2O2S.ClH/c1-7-3-4-9(11)5-10(7)16(14,15)13-8(2)6-12;/h3-5,8,13H,6,12H2,1-2H3;1H/t8-;/m0./s1. The summed E-state index contributed by atoms with van der Waals surface area (Å²) in [5.41, 5.74) is 6.03. The van der Waals surface area contributed by atoms with E-state index in [-0.39, 0.29) is 29.9 Å². The fraction of sp³-hybridized carbons (Fsp3) is 0.400. The lowest BCUT2D eigenvalue weighted by molar-refractivity contribution is 0.562. The molecule has 0 unspecified atom stereocenters. The highest BCUT2D eigenvalue weighted by atomic mass is 35.5. The van der Waals surface area contributed by atoms with Crippen molar-refractivity contribution in [3.63, 3.8) is 0 Å². The molecule has 1 aromatic carbocycles. The minimum Gasteiger partial charge on any atom is -0.329 e. The van der Waals surface area contributed by atoms with Crippen LogP contribution in [0.15, 0.2) is 23.1 Å². The van der Waals surface area contributed by atoms with Crippen molar-refractivity contribution in [2.75, 3.05) is 6.54 Å². The maximum atomic E-state index is 11.9. The molecule has 1 aromatic rings. The number of aryl methyl sites for hydroxylation is 1. The van der Waals surface area contributed by atoms with Crippen LogP contribution < -0.4 is 10.5 Å². The van der Waals surface area contributed by atoms with Crippen molar-refractivity contribution < 1.29 is 8.42 Å². The van der Waals surface area contributed by atoms with Crippen LogP contribution in [0.2, 0.25) is 5.02 Å². The number of hydrogen-bond donors (Lipinski definition) is 2. The van der Waals surface area contributed by atoms with Crippen LogP contribution >= 0.6 is 24.0 Å². The Morgan fingerprint density at radius 2 is 2.06 bits per heavy atom. The number of benzene rings is 1. The van der Waals surface area contributed by atoms with Gasteiger partial charge in [-0.15, -0.1) is 12.4 Å². The average molecular weight is 299 g/mol. The van der Waals surface area contributed by atoms with E-state index in [1.165, 1.54) is 6.07 Å². The molecule has 3 N–H and O–H groups in total. The maximum Gasteiger partial charge on any atom is 0.241 e. The lowest BCUT2D eigenvalue weighted by Gasteiger charge is -2.13. The van der Waals surface area contributed by atoms with Crippen LogP contribution in [0.1, 0.15) is 12.5 Å². The molecular weight excluding hydrogens is 283 g/mol. The zero-order chi connectivity index (χ0) is 12.3. The predicted octanol–water partition coefficient (Wildman–Crippen LogP) is 1.70. The van der Waals surface area contributed by atoms with Gasteiger partial charge in [-0.2, -0.15) is 0 Å². The minimum atomic E-state index is -3.54. The topological polar surface area (TPSA) is 72.2 Å². The molecule has 0 aliphatic carbocycles. The average Bonchev–Trinajstić information content (AvgIpc) is 2.20. The van der Waals surface area contributed by atoms with Crippen molar-refractivity contribution in [1.82, 2.24) is 4.72 Å². The summed E-state index contributed by atoms with van der Waals surface area (Å²) >= 11 is 5.78. The van der Waals surface area contributed by atoms with Crippen molar-refractivity contribution in [2.24, 2.45) is 5.73 Å². The van der Waals surface area contributed by atoms with Gasteiger partial charge in [0.1, 0.15) is 0 Å². The van der Waals surface area contributed by atoms with Crippen molar-refractivity contribution >= 4 is 34.0 Å². The van der Waals surface area contributed by atoms with Crippen LogP contribution in [0, 0.1) is 6.92 Å². The zero-order valence-electron chi connectivity index (χ0n) is 9.60. The second-order valence-corrected chi connectivity index (χ2v) is 5.79. The van der Waals surface area contributed by atoms with Gasteiger partial charge in [0, 0.05) is 17.6 Å². The normalized spacial score (nSPS) is 12.9. The van der Waals surface area contributed by atoms with Gasteiger partial charge in [0.05, 0.1) is 4.90 Å². The first-order valence-electron chi connectivity index (χ1n) is 4.85. The third-order valence-electron chi connectivity index (χ3n) is 2.15. The van der Waals surface area contributed by atoms with E-state index in [1.807, 2.05) is 0 Å². The minimum absolute atomic E-state index is 0. The van der Waals surface area contributed by atoms with Crippen LogP contribution in [0.4, 0.5) is 0 Å². The molecule has 0 aromatic heterocycles. The SMILES string of the molecule is Cc1ccc(Cl)cc1S(=O)(=O)N[C@@H](C)CN.Cl. The summed E-state index contributed by atoms with van der Waals surface area (Å²) in [7, 11) is -3.54. The van der Waals surface area contributed by atoms with E-state index in [0.717, 1.165) is 0 Å². The molecule has 0 fully saturated rings. The van der Waals surface area contributed by atoms with Gasteiger partial charge in [-0.05, 0) is 31.5 Å². The second kappa shape index (κ2) is 6.56. The first-order chi connectivity index (χ1) is 7.36. The van der Waals surface area contributed by atoms with Gasteiger partial charge in [0.25, 0.3) is 0 Å². The Morgan fingerprint density at radius 3 is 2.59 bits per heavy atom. The lowest BCUT2D eigenvalue weighted by atomic mass is 10.2. The third-order valence-corrected chi connectivity index (χ3v) is 4.12. The fourth-order valence-electron chi connectivity index (χ4n) is 1.24. The van der Waals surface area contributed by atoms with Gasteiger partial charge in [0.15, 0.2) is 0 Å². The Kier molecular flexibility index (Phi) is 6.43. The molecular formula is C10H16Cl2N2O2S. The Morgan fingerprint density at radius 1 is 1.47 bits per heavy atom. The molecule has 0 spiro atoms. The van der Waals surface area contributed by atoms with Gasteiger partial charge in [-0.1, -0.05) is 17.7 Å². The van der Waals surface area contributed by atoms with E-state index in [9.17, 15) is 8.42 Å². The molecule has 17 heavy (non-hydrogen) atoms. The Hall–Kier alpha value is -0.330. The third kappa shape index (κ3) is 4.44. The highest BCUT2D eigenvalue weighted by Crippen LogP contribution is 2.20. The second-order valence-electron chi connectivity index (χ2n) is 3.67. The molecule has 1 rings (SSSR count). The molecule has 4 nitrogen and oxygen atoms in total. The van der Waals surface area contributed by atoms with Gasteiger partial charge in [0.2, 0.25) is 10.0 Å². The van der Waals surface area contributed by atoms with Crippen LogP contribution in [0.5, 0.6) is 0 Å². The Bertz CT molecular complexity index is 477. The van der Waals surface area contributed by atoms with E-state index < -0.39 is 10.0 Å². The fourth-order valence-corrected chi connectivity index (χ4v) is 3.00. The molecule has 0 radical (unpaired) electrons. The lowest BCUT2D eigenvalue weighted by Crippen LogP contribution is -2.38. The molecule has 0 heterocycles. The number of sulfonamides is 1. The van der Waals surface area contributed by atoms with Crippen molar-refractivity contribution in [3.05, 3.63) is 28.8 Å². The van der Waals surface area contributed by atoms with E-state index in [4.69, 9.17) is 17.3 Å². The summed E-state index contributed by atoms with van der Waals surface area (Å²) < 4.78 is 26.4. The molecule has 98 valence electrons. The number of hydrogen-bond acceptors (Lipinski definition) is 3. The number of nitrogens with one attached hydrogen (secondary N) is 1. The first kappa shape index (κ1) is 16.7. The van der Waals surface area contributed by atoms with Crippen LogP contribution in [0.25, 0.3) is 0 Å². The molecule has 0 bridgehead atoms. The van der Waals surface area contributed by atoms with E-state index in [0.29, 0.717) is 10.6 Å². The maximum absolute atomic E-state index is 11.9. The highest BCUT2D eigenvalue weighted by Gasteiger charge is 2.19. The van der Waals surface area contributed by atoms with Gasteiger partial charge < -0.3 is 5.73 Å². The van der Waals surface area contributed by atoms with Crippen LogP contribution in [-0.2, 0) is 10.0 Å². The summed E-state index contributed by atoms with van der Waals surface area (Å²) in [4.78, 5) is 0.195. The molecule has 7 heteroatoms. The zero-order valence-corrected chi connectivity index (χ0v) is 12.0. The van der Waals surface area contributed by atoms with Crippen LogP contribution in [-0.4, -0.2) is 21.0 Å². The largest absolute Gasteiger partial charge is 0.329 e. The summed E-state index contributed by atoms with van der Waals surface area (Å²) in [6.07, 6.45) is 0. The highest BCUT2D eigenvalue weighted by molar-refractivity contribution is 7.89. The summed E-state index contributed by atoms with van der Waals surface area (Å²) in [6, 6.07) is 4.46. The molecule has 0 saturated carbocycles. The van der Waals surface area contributed by atoms with Gasteiger partial charge in [-0.3, -0.25) is 0 Å². The van der Waals surface area contributed by atoms with Crippen molar-refractivity contribution in [1.29, 1.82) is 0 Å². The van der Waals surface area contributed by atoms with E-state index in [2.05, 4.69) is 4.72 Å². The van der Waals surface area contributed by atoms with Crippen LogP contribution in [0.3, 0.4) is 0 Å². The summed E-state index contributed by atoms with van der Waals surface area (Å²) in [5, 5.41) is 0.395. The summed E-state index contributed by atoms with van der Waals surface area (Å²) in [6.45, 7) is 3.67. The molecule has 0 amide bonds. The quantitative estimate of drug-likeness (QED) is 0.888. The first-order valence-corrected chi connectivity index (χ1v) is 6.71. The van der Waals surface area contributed by atoms with E-state index in [1.54, 1.807) is 26.0 Å². The molecule has 1 atom stereocenters. The Labute approximate surface area is 113 Å². The predicted molar refractivity (Wildman–Crippen MR) is 72.3 cm³/mol. The van der Waals surface area contributed by atoms with Crippen molar-refractivity contribution in [3.8, 4) is 0 Å². The summed E-state index contributed by atoms with van der Waals surface area (Å²) in [5.74, 6) is 0.